The van der Waals surface area contributed by atoms with Crippen LogP contribution in [0.4, 0.5) is 0 Å². The summed E-state index contributed by atoms with van der Waals surface area (Å²) >= 11 is 12.1. The number of pyridine rings is 2. The van der Waals surface area contributed by atoms with Crippen LogP contribution in [-0.4, -0.2) is 20.0 Å². The highest BCUT2D eigenvalue weighted by Crippen LogP contribution is 2.41. The SMILES string of the molecule is Cc1c(Cl)cccc1-c1ccc([C@@H]2[C@H](c3ccccn3)NC(=S)N2Cc2ccccn2)o1. The number of hydrogen-bond donors (Lipinski definition) is 1. The molecule has 0 amide bonds. The van der Waals surface area contributed by atoms with E-state index in [9.17, 15) is 0 Å². The fraction of sp³-hybridized carbons (Fsp3) is 0.160. The lowest BCUT2D eigenvalue weighted by Gasteiger charge is -2.25. The van der Waals surface area contributed by atoms with Crippen molar-refractivity contribution >= 4 is 28.9 Å². The minimum absolute atomic E-state index is 0.146. The average molecular weight is 461 g/mol. The van der Waals surface area contributed by atoms with E-state index in [1.165, 1.54) is 0 Å². The van der Waals surface area contributed by atoms with Gasteiger partial charge in [-0.05, 0) is 67.2 Å². The van der Waals surface area contributed by atoms with Crippen molar-refractivity contribution < 1.29 is 4.42 Å². The van der Waals surface area contributed by atoms with Crippen molar-refractivity contribution in [2.75, 3.05) is 0 Å². The number of benzene rings is 1. The largest absolute Gasteiger partial charge is 0.459 e. The first-order valence-electron chi connectivity index (χ1n) is 10.3. The summed E-state index contributed by atoms with van der Waals surface area (Å²) < 4.78 is 6.41. The zero-order valence-electron chi connectivity index (χ0n) is 17.4. The third-order valence-electron chi connectivity index (χ3n) is 5.71. The Balaban J connectivity index is 1.56. The number of halogens is 1. The summed E-state index contributed by atoms with van der Waals surface area (Å²) in [5, 5.41) is 4.81. The molecule has 0 radical (unpaired) electrons. The summed E-state index contributed by atoms with van der Waals surface area (Å²) in [5.41, 5.74) is 3.80. The Labute approximate surface area is 197 Å². The Kier molecular flexibility index (Phi) is 5.64. The highest BCUT2D eigenvalue weighted by Gasteiger charge is 2.41. The van der Waals surface area contributed by atoms with Gasteiger partial charge in [0.15, 0.2) is 5.11 Å². The molecular formula is C25H21ClN4OS. The van der Waals surface area contributed by atoms with Crippen LogP contribution in [0, 0.1) is 6.92 Å². The van der Waals surface area contributed by atoms with E-state index in [2.05, 4.69) is 20.2 Å². The van der Waals surface area contributed by atoms with E-state index in [0.29, 0.717) is 16.7 Å². The lowest BCUT2D eigenvalue weighted by molar-refractivity contribution is 0.267. The molecule has 0 bridgehead atoms. The number of thiocarbonyl (C=S) groups is 1. The average Bonchev–Trinajstić information content (AvgIpc) is 3.42. The van der Waals surface area contributed by atoms with E-state index in [1.54, 1.807) is 12.4 Å². The predicted molar refractivity (Wildman–Crippen MR) is 129 cm³/mol. The van der Waals surface area contributed by atoms with Crippen LogP contribution < -0.4 is 5.32 Å². The van der Waals surface area contributed by atoms with Gasteiger partial charge in [0.1, 0.15) is 17.6 Å². The lowest BCUT2D eigenvalue weighted by atomic mass is 10.0. The lowest BCUT2D eigenvalue weighted by Crippen LogP contribution is -2.29. The predicted octanol–water partition coefficient (Wildman–Crippen LogP) is 5.87. The van der Waals surface area contributed by atoms with E-state index in [-0.39, 0.29) is 12.1 Å². The van der Waals surface area contributed by atoms with E-state index < -0.39 is 0 Å². The second kappa shape index (κ2) is 8.73. The molecule has 1 fully saturated rings. The van der Waals surface area contributed by atoms with Gasteiger partial charge in [-0.2, -0.15) is 0 Å². The molecule has 0 unspecified atom stereocenters. The molecule has 1 aromatic carbocycles. The maximum absolute atomic E-state index is 6.41. The highest BCUT2D eigenvalue weighted by atomic mass is 35.5. The van der Waals surface area contributed by atoms with E-state index in [0.717, 1.165) is 34.0 Å². The molecule has 7 heteroatoms. The fourth-order valence-electron chi connectivity index (χ4n) is 4.08. The van der Waals surface area contributed by atoms with Gasteiger partial charge in [0.05, 0.1) is 24.0 Å². The molecule has 4 heterocycles. The van der Waals surface area contributed by atoms with Crippen molar-refractivity contribution in [3.63, 3.8) is 0 Å². The Morgan fingerprint density at radius 2 is 1.81 bits per heavy atom. The maximum Gasteiger partial charge on any atom is 0.170 e. The van der Waals surface area contributed by atoms with Gasteiger partial charge in [0.2, 0.25) is 0 Å². The second-order valence-electron chi connectivity index (χ2n) is 7.69. The minimum Gasteiger partial charge on any atom is -0.459 e. The van der Waals surface area contributed by atoms with Gasteiger partial charge in [-0.15, -0.1) is 0 Å². The van der Waals surface area contributed by atoms with Crippen LogP contribution in [0.3, 0.4) is 0 Å². The summed E-state index contributed by atoms with van der Waals surface area (Å²) in [6, 6.07) is 21.3. The first-order chi connectivity index (χ1) is 15.6. The van der Waals surface area contributed by atoms with Crippen molar-refractivity contribution in [2.24, 2.45) is 0 Å². The maximum atomic E-state index is 6.41. The zero-order valence-corrected chi connectivity index (χ0v) is 19.0. The topological polar surface area (TPSA) is 54.2 Å². The standard InChI is InChI=1S/C25H21ClN4OS/c1-16-18(8-6-9-19(16)26)21-11-12-22(31-21)24-23(20-10-3-5-14-28-20)29-25(32)30(24)15-17-7-2-4-13-27-17/h2-14,23-24H,15H2,1H3,(H,29,32)/t23-,24+/m0/s1. The first kappa shape index (κ1) is 20.7. The van der Waals surface area contributed by atoms with Crippen molar-refractivity contribution in [1.29, 1.82) is 0 Å². The first-order valence-corrected chi connectivity index (χ1v) is 11.1. The fourth-order valence-corrected chi connectivity index (χ4v) is 4.56. The van der Waals surface area contributed by atoms with Crippen LogP contribution in [0.5, 0.6) is 0 Å². The van der Waals surface area contributed by atoms with E-state index >= 15 is 0 Å². The van der Waals surface area contributed by atoms with Crippen LogP contribution in [0.15, 0.2) is 83.5 Å². The quantitative estimate of drug-likeness (QED) is 0.376. The van der Waals surface area contributed by atoms with Gasteiger partial charge in [-0.25, -0.2) is 0 Å². The third kappa shape index (κ3) is 3.87. The molecule has 5 rings (SSSR count). The van der Waals surface area contributed by atoms with E-state index in [1.807, 2.05) is 73.7 Å². The molecular weight excluding hydrogens is 440 g/mol. The third-order valence-corrected chi connectivity index (χ3v) is 6.47. The molecule has 3 aromatic heterocycles. The number of nitrogens with one attached hydrogen (secondary N) is 1. The summed E-state index contributed by atoms with van der Waals surface area (Å²) in [7, 11) is 0. The summed E-state index contributed by atoms with van der Waals surface area (Å²) in [6.45, 7) is 2.56. The van der Waals surface area contributed by atoms with Crippen LogP contribution in [-0.2, 0) is 6.54 Å². The number of aromatic nitrogens is 2. The van der Waals surface area contributed by atoms with Crippen molar-refractivity contribution in [3.05, 3.63) is 107 Å². The molecule has 32 heavy (non-hydrogen) atoms. The highest BCUT2D eigenvalue weighted by molar-refractivity contribution is 7.80. The van der Waals surface area contributed by atoms with Gasteiger partial charge in [-0.1, -0.05) is 35.9 Å². The Bertz CT molecular complexity index is 1250. The monoisotopic (exact) mass is 460 g/mol. The molecule has 1 aliphatic rings. The Morgan fingerprint density at radius 3 is 2.56 bits per heavy atom. The Hall–Kier alpha value is -3.22. The van der Waals surface area contributed by atoms with Crippen LogP contribution in [0.1, 0.15) is 34.8 Å². The minimum atomic E-state index is -0.173. The smallest absolute Gasteiger partial charge is 0.170 e. The second-order valence-corrected chi connectivity index (χ2v) is 8.48. The molecule has 1 saturated heterocycles. The number of rotatable bonds is 5. The molecule has 4 aromatic rings. The Morgan fingerprint density at radius 1 is 1.00 bits per heavy atom. The molecule has 0 saturated carbocycles. The molecule has 5 nitrogen and oxygen atoms in total. The van der Waals surface area contributed by atoms with Gasteiger partial charge < -0.3 is 14.6 Å². The number of furan rings is 1. The van der Waals surface area contributed by atoms with Gasteiger partial charge in [0, 0.05) is 23.0 Å². The normalized spacial score (nSPS) is 18.1. The molecule has 2 atom stereocenters. The van der Waals surface area contributed by atoms with Crippen LogP contribution >= 0.6 is 23.8 Å². The van der Waals surface area contributed by atoms with Crippen molar-refractivity contribution in [1.82, 2.24) is 20.2 Å². The molecule has 1 aliphatic heterocycles. The van der Waals surface area contributed by atoms with E-state index in [4.69, 9.17) is 28.2 Å². The molecule has 1 N–H and O–H groups in total. The summed E-state index contributed by atoms with van der Waals surface area (Å²) in [4.78, 5) is 11.2. The van der Waals surface area contributed by atoms with Crippen LogP contribution in [0.2, 0.25) is 5.02 Å². The summed E-state index contributed by atoms with van der Waals surface area (Å²) in [5.74, 6) is 1.58. The zero-order chi connectivity index (χ0) is 22.1. The van der Waals surface area contributed by atoms with Crippen LogP contribution in [0.25, 0.3) is 11.3 Å². The van der Waals surface area contributed by atoms with Gasteiger partial charge in [-0.3, -0.25) is 9.97 Å². The number of nitrogens with zero attached hydrogens (tertiary/aromatic N) is 3. The van der Waals surface area contributed by atoms with Gasteiger partial charge >= 0.3 is 0 Å². The van der Waals surface area contributed by atoms with Crippen molar-refractivity contribution in [2.45, 2.75) is 25.6 Å². The number of hydrogen-bond acceptors (Lipinski definition) is 4. The van der Waals surface area contributed by atoms with Crippen molar-refractivity contribution in [3.8, 4) is 11.3 Å². The summed E-state index contributed by atoms with van der Waals surface area (Å²) in [6.07, 6.45) is 3.58. The molecule has 0 aliphatic carbocycles. The van der Waals surface area contributed by atoms with Gasteiger partial charge in [0.25, 0.3) is 0 Å². The molecule has 160 valence electrons. The molecule has 0 spiro atoms.